The minimum atomic E-state index is -0.461. The van der Waals surface area contributed by atoms with Gasteiger partial charge < -0.3 is 14.0 Å². The number of aromatic nitrogens is 1. The van der Waals surface area contributed by atoms with E-state index in [1.165, 1.54) is 0 Å². The van der Waals surface area contributed by atoms with Crippen molar-refractivity contribution >= 4 is 28.7 Å². The number of ketones is 1. The van der Waals surface area contributed by atoms with Crippen LogP contribution in [0, 0.1) is 6.92 Å². The molecule has 0 spiro atoms. The Morgan fingerprint density at radius 1 is 1.06 bits per heavy atom. The molecule has 0 saturated carbocycles. The number of ether oxygens (including phenoxy) is 2. The minimum absolute atomic E-state index is 0.174. The van der Waals surface area contributed by atoms with Gasteiger partial charge in [-0.2, -0.15) is 0 Å². The quantitative estimate of drug-likeness (QED) is 0.236. The lowest BCUT2D eigenvalue weighted by Gasteiger charge is -2.07. The van der Waals surface area contributed by atoms with E-state index in [1.54, 1.807) is 42.5 Å². The summed E-state index contributed by atoms with van der Waals surface area (Å²) in [5.41, 5.74) is 3.68. The molecule has 1 aliphatic heterocycles. The molecule has 5 heteroatoms. The van der Waals surface area contributed by atoms with E-state index in [4.69, 9.17) is 9.47 Å². The first-order valence-corrected chi connectivity index (χ1v) is 10.5. The summed E-state index contributed by atoms with van der Waals surface area (Å²) in [7, 11) is 0. The monoisotopic (exact) mass is 423 g/mol. The van der Waals surface area contributed by atoms with Gasteiger partial charge in [-0.25, -0.2) is 4.79 Å². The van der Waals surface area contributed by atoms with Gasteiger partial charge >= 0.3 is 5.97 Å². The number of fused-ring (bicyclic) bond motifs is 2. The molecule has 4 aromatic rings. The highest BCUT2D eigenvalue weighted by atomic mass is 16.5. The van der Waals surface area contributed by atoms with Gasteiger partial charge in [0.25, 0.3) is 0 Å². The highest BCUT2D eigenvalue weighted by Gasteiger charge is 2.30. The van der Waals surface area contributed by atoms with Crippen molar-refractivity contribution in [3.63, 3.8) is 0 Å². The standard InChI is InChI=1S/C27H21NO4/c1-3-28-16-19(21-11-7-8-12-22(21)28)14-24-26(29)25-17(2)13-20(15-23(25)32-24)31-27(30)18-9-5-4-6-10-18/h4-16H,3H2,1-2H3/b24-14-. The predicted octanol–water partition coefficient (Wildman–Crippen LogP) is 5.81. The van der Waals surface area contributed by atoms with Crippen LogP contribution < -0.4 is 9.47 Å². The molecular weight excluding hydrogens is 402 g/mol. The molecule has 0 unspecified atom stereocenters. The maximum atomic E-state index is 13.1. The van der Waals surface area contributed by atoms with Gasteiger partial charge in [-0.3, -0.25) is 4.79 Å². The molecule has 2 heterocycles. The molecule has 0 saturated heterocycles. The van der Waals surface area contributed by atoms with Crippen molar-refractivity contribution in [2.24, 2.45) is 0 Å². The molecule has 158 valence electrons. The first-order valence-electron chi connectivity index (χ1n) is 10.5. The number of para-hydroxylation sites is 1. The summed E-state index contributed by atoms with van der Waals surface area (Å²) in [6.07, 6.45) is 3.81. The summed E-state index contributed by atoms with van der Waals surface area (Å²) in [6.45, 7) is 4.72. The van der Waals surface area contributed by atoms with E-state index in [0.29, 0.717) is 28.2 Å². The van der Waals surface area contributed by atoms with Gasteiger partial charge in [0.1, 0.15) is 11.5 Å². The summed E-state index contributed by atoms with van der Waals surface area (Å²) in [4.78, 5) is 25.5. The summed E-state index contributed by atoms with van der Waals surface area (Å²) in [5.74, 6) is 0.362. The summed E-state index contributed by atoms with van der Waals surface area (Å²) >= 11 is 0. The highest BCUT2D eigenvalue weighted by molar-refractivity contribution is 6.16. The summed E-state index contributed by atoms with van der Waals surface area (Å²) < 4.78 is 13.6. The second-order valence-corrected chi connectivity index (χ2v) is 7.70. The number of allylic oxidation sites excluding steroid dienone is 1. The lowest BCUT2D eigenvalue weighted by atomic mass is 10.0. The Labute approximate surface area is 185 Å². The van der Waals surface area contributed by atoms with Crippen molar-refractivity contribution in [3.8, 4) is 11.5 Å². The molecule has 0 N–H and O–H groups in total. The third-order valence-electron chi connectivity index (χ3n) is 5.61. The molecular formula is C27H21NO4. The maximum absolute atomic E-state index is 13.1. The average molecular weight is 423 g/mol. The maximum Gasteiger partial charge on any atom is 0.343 e. The van der Waals surface area contributed by atoms with Crippen molar-refractivity contribution in [3.05, 3.63) is 101 Å². The number of nitrogens with zero attached hydrogens (tertiary/aromatic N) is 1. The van der Waals surface area contributed by atoms with E-state index < -0.39 is 5.97 Å². The van der Waals surface area contributed by atoms with E-state index in [2.05, 4.69) is 17.6 Å². The van der Waals surface area contributed by atoms with E-state index in [-0.39, 0.29) is 11.5 Å². The van der Waals surface area contributed by atoms with Crippen LogP contribution in [0.3, 0.4) is 0 Å². The van der Waals surface area contributed by atoms with Crippen LogP contribution >= 0.6 is 0 Å². The highest BCUT2D eigenvalue weighted by Crippen LogP contribution is 2.38. The van der Waals surface area contributed by atoms with Crippen molar-refractivity contribution in [1.29, 1.82) is 0 Å². The van der Waals surface area contributed by atoms with Crippen LogP contribution in [-0.2, 0) is 6.54 Å². The van der Waals surface area contributed by atoms with Crippen molar-refractivity contribution in [1.82, 2.24) is 4.57 Å². The average Bonchev–Trinajstić information content (AvgIpc) is 3.32. The predicted molar refractivity (Wildman–Crippen MR) is 123 cm³/mol. The molecule has 0 fully saturated rings. The molecule has 0 amide bonds. The number of Topliss-reactive ketones (excluding diaryl/α,β-unsaturated/α-hetero) is 1. The van der Waals surface area contributed by atoms with Gasteiger partial charge in [0, 0.05) is 35.3 Å². The number of hydrogen-bond donors (Lipinski definition) is 0. The molecule has 0 radical (unpaired) electrons. The minimum Gasteiger partial charge on any atom is -0.452 e. The lowest BCUT2D eigenvalue weighted by molar-refractivity contribution is 0.0734. The zero-order chi connectivity index (χ0) is 22.2. The van der Waals surface area contributed by atoms with Crippen LogP contribution in [0.25, 0.3) is 17.0 Å². The fourth-order valence-corrected chi connectivity index (χ4v) is 4.07. The topological polar surface area (TPSA) is 57.5 Å². The third kappa shape index (κ3) is 3.38. The van der Waals surface area contributed by atoms with Crippen molar-refractivity contribution in [2.45, 2.75) is 20.4 Å². The van der Waals surface area contributed by atoms with E-state index in [9.17, 15) is 9.59 Å². The Balaban J connectivity index is 1.47. The van der Waals surface area contributed by atoms with Crippen molar-refractivity contribution < 1.29 is 19.1 Å². The number of benzene rings is 3. The number of carbonyl (C=O) groups excluding carboxylic acids is 2. The van der Waals surface area contributed by atoms with Gasteiger partial charge in [-0.15, -0.1) is 0 Å². The fourth-order valence-electron chi connectivity index (χ4n) is 4.07. The molecule has 1 aromatic heterocycles. The Morgan fingerprint density at radius 3 is 2.59 bits per heavy atom. The number of aryl methyl sites for hydroxylation is 2. The Morgan fingerprint density at radius 2 is 1.81 bits per heavy atom. The molecule has 32 heavy (non-hydrogen) atoms. The summed E-state index contributed by atoms with van der Waals surface area (Å²) in [5, 5.41) is 1.06. The second kappa shape index (κ2) is 7.85. The van der Waals surface area contributed by atoms with Crippen LogP contribution in [-0.4, -0.2) is 16.3 Å². The van der Waals surface area contributed by atoms with Gasteiger partial charge in [0.2, 0.25) is 5.78 Å². The SMILES string of the molecule is CCn1cc(/C=C2\Oc3cc(OC(=O)c4ccccc4)cc(C)c3C2=O)c2ccccc21. The van der Waals surface area contributed by atoms with Crippen LogP contribution in [0.15, 0.2) is 78.7 Å². The molecule has 3 aromatic carbocycles. The number of rotatable bonds is 4. The molecule has 0 atom stereocenters. The van der Waals surface area contributed by atoms with Crippen LogP contribution in [0.1, 0.15) is 38.8 Å². The van der Waals surface area contributed by atoms with Crippen molar-refractivity contribution in [2.75, 3.05) is 0 Å². The van der Waals surface area contributed by atoms with Gasteiger partial charge in [0.05, 0.1) is 11.1 Å². The van der Waals surface area contributed by atoms with E-state index >= 15 is 0 Å². The molecule has 0 bridgehead atoms. The molecule has 5 nitrogen and oxygen atoms in total. The Bertz CT molecular complexity index is 1400. The number of hydrogen-bond acceptors (Lipinski definition) is 4. The zero-order valence-electron chi connectivity index (χ0n) is 17.8. The number of esters is 1. The smallest absolute Gasteiger partial charge is 0.343 e. The van der Waals surface area contributed by atoms with Crippen LogP contribution in [0.5, 0.6) is 11.5 Å². The van der Waals surface area contributed by atoms with Gasteiger partial charge in [-0.1, -0.05) is 36.4 Å². The molecule has 1 aliphatic rings. The normalized spacial score (nSPS) is 13.9. The van der Waals surface area contributed by atoms with Gasteiger partial charge in [0.15, 0.2) is 5.76 Å². The number of carbonyl (C=O) groups is 2. The Hall–Kier alpha value is -4.12. The van der Waals surface area contributed by atoms with E-state index in [0.717, 1.165) is 23.0 Å². The largest absolute Gasteiger partial charge is 0.452 e. The second-order valence-electron chi connectivity index (χ2n) is 7.70. The third-order valence-corrected chi connectivity index (χ3v) is 5.61. The van der Waals surface area contributed by atoms with Gasteiger partial charge in [-0.05, 0) is 49.8 Å². The molecule has 5 rings (SSSR count). The van der Waals surface area contributed by atoms with Crippen LogP contribution in [0.2, 0.25) is 0 Å². The Kier molecular flexibility index (Phi) is 4.86. The first kappa shape index (κ1) is 19.8. The van der Waals surface area contributed by atoms with E-state index in [1.807, 2.05) is 37.4 Å². The molecule has 0 aliphatic carbocycles. The van der Waals surface area contributed by atoms with Crippen LogP contribution in [0.4, 0.5) is 0 Å². The lowest BCUT2D eigenvalue weighted by Crippen LogP contribution is -2.08. The zero-order valence-corrected chi connectivity index (χ0v) is 17.8. The summed E-state index contributed by atoms with van der Waals surface area (Å²) in [6, 6.07) is 20.1. The first-order chi connectivity index (χ1) is 15.5. The fraction of sp³-hybridized carbons (Fsp3) is 0.111.